The lowest BCUT2D eigenvalue weighted by atomic mass is 10.0. The van der Waals surface area contributed by atoms with E-state index in [1.165, 1.54) is 11.1 Å². The van der Waals surface area contributed by atoms with E-state index in [0.717, 1.165) is 65.9 Å². The lowest BCUT2D eigenvalue weighted by molar-refractivity contribution is 0.341. The van der Waals surface area contributed by atoms with Gasteiger partial charge in [-0.2, -0.15) is 5.26 Å². The number of hydrogen-bond donors (Lipinski definition) is 1. The molecule has 0 aromatic heterocycles. The van der Waals surface area contributed by atoms with E-state index in [1.54, 1.807) is 0 Å². The average Bonchev–Trinajstić information content (AvgIpc) is 3.78. The number of rotatable bonds is 11. The SMILES string of the molecule is C/C=C(\C=C/CCC)COc1ccc(N2Cc3c(cc(C#N)c(OCCCl)c3Cl)C2=C2CC2)cc1.C=C(C)CC.CNC. The lowest BCUT2D eigenvalue weighted by Gasteiger charge is -2.21. The first-order valence-corrected chi connectivity index (χ1v) is 15.9. The molecule has 2 aromatic carbocycles. The summed E-state index contributed by atoms with van der Waals surface area (Å²) in [5, 5.41) is 13.0. The summed E-state index contributed by atoms with van der Waals surface area (Å²) in [6, 6.07) is 12.3. The summed E-state index contributed by atoms with van der Waals surface area (Å²) in [6.45, 7) is 13.5. The Labute approximate surface area is 269 Å². The summed E-state index contributed by atoms with van der Waals surface area (Å²) in [4.78, 5) is 2.28. The van der Waals surface area contributed by atoms with Gasteiger partial charge in [0.25, 0.3) is 0 Å². The van der Waals surface area contributed by atoms with Crippen LogP contribution in [0.2, 0.25) is 5.02 Å². The van der Waals surface area contributed by atoms with Gasteiger partial charge in [-0.15, -0.1) is 18.2 Å². The van der Waals surface area contributed by atoms with Crippen LogP contribution in [0, 0.1) is 11.3 Å². The van der Waals surface area contributed by atoms with Gasteiger partial charge in [0.1, 0.15) is 25.0 Å². The van der Waals surface area contributed by atoms with Crippen LogP contribution < -0.4 is 19.7 Å². The van der Waals surface area contributed by atoms with E-state index >= 15 is 0 Å². The van der Waals surface area contributed by atoms with Crippen molar-refractivity contribution < 1.29 is 9.47 Å². The van der Waals surface area contributed by atoms with E-state index in [9.17, 15) is 5.26 Å². The fraction of sp³-hybridized carbons (Fsp3) is 0.417. The van der Waals surface area contributed by atoms with Gasteiger partial charge in [0.2, 0.25) is 0 Å². The van der Waals surface area contributed by atoms with Crippen molar-refractivity contribution in [1.82, 2.24) is 5.32 Å². The zero-order valence-corrected chi connectivity index (χ0v) is 28.2. The first-order chi connectivity index (χ1) is 20.8. The summed E-state index contributed by atoms with van der Waals surface area (Å²) in [7, 11) is 3.75. The van der Waals surface area contributed by atoms with E-state index < -0.39 is 0 Å². The molecule has 1 aliphatic heterocycles. The topological polar surface area (TPSA) is 57.5 Å². The molecule has 2 aromatic rings. The molecule has 0 radical (unpaired) electrons. The molecule has 1 heterocycles. The Kier molecular flexibility index (Phi) is 16.1. The van der Waals surface area contributed by atoms with Gasteiger partial charge in [0, 0.05) is 22.5 Å². The molecule has 0 unspecified atom stereocenters. The third-order valence-corrected chi connectivity index (χ3v) is 7.31. The maximum absolute atomic E-state index is 9.72. The molecule has 0 atom stereocenters. The van der Waals surface area contributed by atoms with Crippen molar-refractivity contribution in [3.8, 4) is 17.6 Å². The van der Waals surface area contributed by atoms with Crippen molar-refractivity contribution in [1.29, 1.82) is 5.26 Å². The normalized spacial score (nSPS) is 13.5. The first kappa shape index (κ1) is 36.0. The van der Waals surface area contributed by atoms with Gasteiger partial charge >= 0.3 is 0 Å². The zero-order chi connectivity index (χ0) is 31.8. The van der Waals surface area contributed by atoms with E-state index in [4.69, 9.17) is 32.7 Å². The second kappa shape index (κ2) is 19.2. The molecule has 4 rings (SSSR count). The number of allylic oxidation sites excluding steroid dienone is 4. The summed E-state index contributed by atoms with van der Waals surface area (Å²) in [5.41, 5.74) is 8.48. The molecule has 0 saturated heterocycles. The second-order valence-electron chi connectivity index (χ2n) is 10.4. The molecule has 232 valence electrons. The minimum absolute atomic E-state index is 0.303. The van der Waals surface area contributed by atoms with E-state index in [-0.39, 0.29) is 0 Å². The number of hydrogen-bond acceptors (Lipinski definition) is 5. The van der Waals surface area contributed by atoms with Gasteiger partial charge in [0.15, 0.2) is 5.75 Å². The predicted molar refractivity (Wildman–Crippen MR) is 185 cm³/mol. The van der Waals surface area contributed by atoms with E-state index in [0.29, 0.717) is 42.0 Å². The monoisotopic (exact) mass is 623 g/mol. The summed E-state index contributed by atoms with van der Waals surface area (Å²) in [6.07, 6.45) is 11.9. The number of fused-ring (bicyclic) bond motifs is 1. The maximum Gasteiger partial charge on any atom is 0.156 e. The van der Waals surface area contributed by atoms with Crippen molar-refractivity contribution in [2.24, 2.45) is 0 Å². The Morgan fingerprint density at radius 3 is 2.33 bits per heavy atom. The van der Waals surface area contributed by atoms with Crippen molar-refractivity contribution in [3.63, 3.8) is 0 Å². The molecule has 1 fully saturated rings. The van der Waals surface area contributed by atoms with Crippen LogP contribution in [0.5, 0.6) is 11.5 Å². The van der Waals surface area contributed by atoms with Crippen LogP contribution in [0.3, 0.4) is 0 Å². The van der Waals surface area contributed by atoms with Crippen LogP contribution in [0.15, 0.2) is 71.9 Å². The lowest BCUT2D eigenvalue weighted by Crippen LogP contribution is -2.14. The van der Waals surface area contributed by atoms with Crippen molar-refractivity contribution in [2.75, 3.05) is 38.1 Å². The Bertz CT molecular complexity index is 1330. The average molecular weight is 625 g/mol. The van der Waals surface area contributed by atoms with Gasteiger partial charge in [-0.1, -0.05) is 55.7 Å². The molecular formula is C36H47Cl2N3O2. The molecular weight excluding hydrogens is 577 g/mol. The number of anilines is 1. The molecule has 1 N–H and O–H groups in total. The molecule has 5 nitrogen and oxygen atoms in total. The maximum atomic E-state index is 9.72. The third kappa shape index (κ3) is 10.8. The molecule has 43 heavy (non-hydrogen) atoms. The first-order valence-electron chi connectivity index (χ1n) is 15.0. The number of nitrogens with zero attached hydrogens (tertiary/aromatic N) is 2. The van der Waals surface area contributed by atoms with Gasteiger partial charge in [0.05, 0.1) is 23.0 Å². The molecule has 1 saturated carbocycles. The fourth-order valence-corrected chi connectivity index (χ4v) is 4.60. The molecule has 2 aliphatic rings. The second-order valence-corrected chi connectivity index (χ2v) is 11.2. The van der Waals surface area contributed by atoms with Gasteiger partial charge < -0.3 is 19.7 Å². The predicted octanol–water partition coefficient (Wildman–Crippen LogP) is 9.84. The van der Waals surface area contributed by atoms with Crippen molar-refractivity contribution in [3.05, 3.63) is 93.6 Å². The summed E-state index contributed by atoms with van der Waals surface area (Å²) < 4.78 is 11.8. The van der Waals surface area contributed by atoms with Crippen LogP contribution >= 0.6 is 23.2 Å². The number of ether oxygens (including phenoxy) is 2. The molecule has 0 spiro atoms. The Morgan fingerprint density at radius 2 is 1.81 bits per heavy atom. The molecule has 0 amide bonds. The highest BCUT2D eigenvalue weighted by molar-refractivity contribution is 6.33. The van der Waals surface area contributed by atoms with Gasteiger partial charge in [-0.25, -0.2) is 0 Å². The van der Waals surface area contributed by atoms with Crippen LogP contribution in [-0.4, -0.2) is 33.2 Å². The largest absolute Gasteiger partial charge is 0.489 e. The number of nitrogens with one attached hydrogen (secondary N) is 1. The van der Waals surface area contributed by atoms with Crippen LogP contribution in [0.4, 0.5) is 5.69 Å². The molecule has 7 heteroatoms. The number of halogens is 2. The van der Waals surface area contributed by atoms with E-state index in [2.05, 4.69) is 67.1 Å². The number of unbranched alkanes of at least 4 members (excludes halogenated alkanes) is 1. The molecule has 1 aliphatic carbocycles. The Morgan fingerprint density at radius 1 is 1.16 bits per heavy atom. The van der Waals surface area contributed by atoms with Crippen LogP contribution in [0.25, 0.3) is 5.70 Å². The highest BCUT2D eigenvalue weighted by Crippen LogP contribution is 2.50. The standard InChI is InChI=1S/C29H30Cl2N2O2.C5H10.C2H7N/c1-3-5-6-7-20(4-2)19-35-24-12-10-23(11-13-24)33-18-26-25(28(33)21-8-9-21)16-22(17-32)29(27(26)31)34-15-14-30;1-4-5(2)3;1-3-2/h4,6-7,10-13,16H,3,5,8-9,14-15,18-19H2,1-2H3;2,4H2,1,3H3;3H,1-2H3/b7-6-,20-4+;;. The third-order valence-electron chi connectivity index (χ3n) is 6.76. The summed E-state index contributed by atoms with van der Waals surface area (Å²) in [5.74, 6) is 1.58. The minimum atomic E-state index is 0.303. The Hall–Kier alpha value is -3.17. The molecule has 0 bridgehead atoms. The summed E-state index contributed by atoms with van der Waals surface area (Å²) >= 11 is 12.6. The quantitative estimate of drug-likeness (QED) is 0.153. The highest BCUT2D eigenvalue weighted by atomic mass is 35.5. The Balaban J connectivity index is 0.000000719. The number of benzene rings is 2. The fourth-order valence-electron chi connectivity index (χ4n) is 4.20. The van der Waals surface area contributed by atoms with Gasteiger partial charge in [-0.05, 0) is 95.1 Å². The number of alkyl halides is 1. The smallest absolute Gasteiger partial charge is 0.156 e. The number of nitriles is 1. The van der Waals surface area contributed by atoms with Crippen LogP contribution in [-0.2, 0) is 6.54 Å². The van der Waals surface area contributed by atoms with E-state index in [1.807, 2.05) is 46.1 Å². The minimum Gasteiger partial charge on any atom is -0.489 e. The van der Waals surface area contributed by atoms with Crippen molar-refractivity contribution in [2.45, 2.75) is 66.3 Å². The van der Waals surface area contributed by atoms with Gasteiger partial charge in [-0.3, -0.25) is 0 Å². The van der Waals surface area contributed by atoms with Crippen molar-refractivity contribution >= 4 is 34.6 Å². The zero-order valence-electron chi connectivity index (χ0n) is 26.7. The van der Waals surface area contributed by atoms with Crippen LogP contribution in [0.1, 0.15) is 76.5 Å². The highest BCUT2D eigenvalue weighted by Gasteiger charge is 2.35.